The van der Waals surface area contributed by atoms with Gasteiger partial charge in [0.2, 0.25) is 0 Å². The van der Waals surface area contributed by atoms with Gasteiger partial charge in [-0.15, -0.1) is 0 Å². The molecular formula is C7H12O4Se2. The number of hydrogen-bond donors (Lipinski definition) is 2. The maximum absolute atomic E-state index is 10.1. The molecule has 0 amide bonds. The van der Waals surface area contributed by atoms with Crippen molar-refractivity contribution >= 4 is 41.9 Å². The van der Waals surface area contributed by atoms with Crippen molar-refractivity contribution in [1.29, 1.82) is 0 Å². The second-order valence-corrected chi connectivity index (χ2v) is 6.88. The predicted molar refractivity (Wildman–Crippen MR) is 50.6 cm³/mol. The van der Waals surface area contributed by atoms with Crippen LogP contribution in [0.1, 0.15) is 6.42 Å². The Morgan fingerprint density at radius 1 is 0.923 bits per heavy atom. The number of hydrogen-bond acceptors (Lipinski definition) is 2. The Morgan fingerprint density at radius 2 is 1.31 bits per heavy atom. The van der Waals surface area contributed by atoms with Crippen molar-refractivity contribution in [1.82, 2.24) is 0 Å². The number of carboxylic acids is 2. The van der Waals surface area contributed by atoms with Gasteiger partial charge in [0, 0.05) is 0 Å². The van der Waals surface area contributed by atoms with E-state index in [4.69, 9.17) is 10.2 Å². The van der Waals surface area contributed by atoms with Gasteiger partial charge in [-0.1, -0.05) is 0 Å². The fourth-order valence-corrected chi connectivity index (χ4v) is 4.31. The Hall–Kier alpha value is -0.0210. The summed E-state index contributed by atoms with van der Waals surface area (Å²) in [5.41, 5.74) is 0. The molecule has 0 aromatic heterocycles. The van der Waals surface area contributed by atoms with Gasteiger partial charge in [0.15, 0.2) is 0 Å². The van der Waals surface area contributed by atoms with Crippen LogP contribution in [0.4, 0.5) is 0 Å². The van der Waals surface area contributed by atoms with Crippen LogP contribution in [0.15, 0.2) is 0 Å². The summed E-state index contributed by atoms with van der Waals surface area (Å²) in [5, 5.41) is 19.2. The minimum absolute atomic E-state index is 0.200. The molecule has 0 unspecified atom stereocenters. The summed E-state index contributed by atoms with van der Waals surface area (Å²) in [6.45, 7) is 0. The van der Waals surface area contributed by atoms with Gasteiger partial charge in [0.25, 0.3) is 0 Å². The van der Waals surface area contributed by atoms with Crippen LogP contribution < -0.4 is 0 Å². The van der Waals surface area contributed by atoms with E-state index in [1.54, 1.807) is 0 Å². The molecule has 0 aliphatic rings. The maximum atomic E-state index is 10.1. The van der Waals surface area contributed by atoms with Crippen LogP contribution >= 0.6 is 0 Å². The quantitative estimate of drug-likeness (QED) is 0.508. The summed E-state index contributed by atoms with van der Waals surface area (Å²) >= 11 is 0.399. The van der Waals surface area contributed by atoms with Crippen LogP contribution in [-0.2, 0) is 9.59 Å². The van der Waals surface area contributed by atoms with Crippen molar-refractivity contribution in [2.45, 2.75) is 27.7 Å². The van der Waals surface area contributed by atoms with Crippen molar-refractivity contribution in [3.05, 3.63) is 0 Å². The molecule has 0 aromatic rings. The van der Waals surface area contributed by atoms with Gasteiger partial charge in [-0.05, 0) is 0 Å². The van der Waals surface area contributed by atoms with E-state index in [2.05, 4.69) is 0 Å². The Labute approximate surface area is 89.4 Å². The number of rotatable bonds is 8. The third-order valence-corrected chi connectivity index (χ3v) is 5.34. The number of carboxylic acid groups (broad SMARTS) is 2. The first-order chi connectivity index (χ1) is 6.13. The normalized spacial score (nSPS) is 9.85. The average molecular weight is 318 g/mol. The van der Waals surface area contributed by atoms with Crippen LogP contribution in [0.2, 0.25) is 21.3 Å². The van der Waals surface area contributed by atoms with Gasteiger partial charge in [-0.25, -0.2) is 0 Å². The molecule has 0 saturated carbocycles. The zero-order valence-electron chi connectivity index (χ0n) is 7.06. The Morgan fingerprint density at radius 3 is 1.62 bits per heavy atom. The molecule has 0 fully saturated rings. The van der Waals surface area contributed by atoms with Crippen molar-refractivity contribution in [3.8, 4) is 0 Å². The van der Waals surface area contributed by atoms with E-state index < -0.39 is 11.9 Å². The SMILES string of the molecule is O=C(O)C[Se]CCC[Se]CC(=O)O. The summed E-state index contributed by atoms with van der Waals surface area (Å²) < 4.78 is 0. The first kappa shape index (κ1) is 13.0. The Kier molecular flexibility index (Phi) is 8.56. The fourth-order valence-electron chi connectivity index (χ4n) is 0.582. The van der Waals surface area contributed by atoms with E-state index in [-0.39, 0.29) is 29.9 Å². The molecule has 0 bridgehead atoms. The summed E-state index contributed by atoms with van der Waals surface area (Å²) in [6, 6.07) is 0. The van der Waals surface area contributed by atoms with Gasteiger partial charge >= 0.3 is 89.4 Å². The van der Waals surface area contributed by atoms with Gasteiger partial charge in [0.05, 0.1) is 0 Å². The zero-order valence-corrected chi connectivity index (χ0v) is 10.5. The number of carbonyl (C=O) groups is 2. The molecule has 2 N–H and O–H groups in total. The van der Waals surface area contributed by atoms with Crippen LogP contribution in [0.5, 0.6) is 0 Å². The van der Waals surface area contributed by atoms with Crippen molar-refractivity contribution < 1.29 is 19.8 Å². The Balaban J connectivity index is 3.00. The molecule has 0 spiro atoms. The van der Waals surface area contributed by atoms with Gasteiger partial charge in [-0.3, -0.25) is 0 Å². The third-order valence-electron chi connectivity index (χ3n) is 1.03. The molecular weight excluding hydrogens is 306 g/mol. The molecule has 0 aromatic carbocycles. The van der Waals surface area contributed by atoms with Gasteiger partial charge in [-0.2, -0.15) is 0 Å². The van der Waals surface area contributed by atoms with Crippen molar-refractivity contribution in [2.75, 3.05) is 0 Å². The third kappa shape index (κ3) is 12.0. The van der Waals surface area contributed by atoms with Crippen molar-refractivity contribution in [3.63, 3.8) is 0 Å². The van der Waals surface area contributed by atoms with Crippen LogP contribution in [0.25, 0.3) is 0 Å². The van der Waals surface area contributed by atoms with E-state index in [1.807, 2.05) is 0 Å². The molecule has 0 aliphatic carbocycles. The molecule has 0 saturated heterocycles. The second kappa shape index (κ2) is 8.57. The molecule has 76 valence electrons. The summed E-state index contributed by atoms with van der Waals surface area (Å²) in [6.07, 6.45) is 0.987. The number of aliphatic carboxylic acids is 2. The molecule has 13 heavy (non-hydrogen) atoms. The van der Waals surface area contributed by atoms with E-state index >= 15 is 0 Å². The van der Waals surface area contributed by atoms with E-state index in [0.717, 1.165) is 17.1 Å². The molecule has 0 rings (SSSR count). The predicted octanol–water partition coefficient (Wildman–Crippen LogP) is 0.627. The summed E-state index contributed by atoms with van der Waals surface area (Å²) in [7, 11) is 0. The van der Waals surface area contributed by atoms with Crippen LogP contribution in [-0.4, -0.2) is 52.1 Å². The minimum atomic E-state index is -0.726. The molecule has 6 heteroatoms. The molecule has 0 radical (unpaired) electrons. The Bertz CT molecular complexity index is 154. The summed E-state index contributed by atoms with van der Waals surface area (Å²) in [5.74, 6) is -1.45. The van der Waals surface area contributed by atoms with Gasteiger partial charge in [0.1, 0.15) is 0 Å². The van der Waals surface area contributed by atoms with Crippen LogP contribution in [0.3, 0.4) is 0 Å². The van der Waals surface area contributed by atoms with Crippen molar-refractivity contribution in [2.24, 2.45) is 0 Å². The van der Waals surface area contributed by atoms with E-state index in [1.165, 1.54) is 0 Å². The first-order valence-corrected chi connectivity index (χ1v) is 8.56. The summed E-state index contributed by atoms with van der Waals surface area (Å²) in [4.78, 5) is 20.2. The van der Waals surface area contributed by atoms with E-state index in [0.29, 0.717) is 10.6 Å². The van der Waals surface area contributed by atoms with Crippen LogP contribution in [0, 0.1) is 0 Å². The zero-order chi connectivity index (χ0) is 10.1. The average Bonchev–Trinajstić information content (AvgIpc) is 2.01. The standard InChI is InChI=1S/C7H12O4Se2/c8-6(9)4-12-2-1-3-13-5-7(10)11/h1-5H2,(H,8,9)(H,10,11). The fraction of sp³-hybridized carbons (Fsp3) is 0.714. The van der Waals surface area contributed by atoms with Gasteiger partial charge < -0.3 is 0 Å². The monoisotopic (exact) mass is 320 g/mol. The molecule has 0 heterocycles. The topological polar surface area (TPSA) is 74.6 Å². The molecule has 4 nitrogen and oxygen atoms in total. The second-order valence-electron chi connectivity index (χ2n) is 2.25. The van der Waals surface area contributed by atoms with E-state index in [9.17, 15) is 9.59 Å². The first-order valence-electron chi connectivity index (χ1n) is 3.72. The molecule has 0 aliphatic heterocycles. The molecule has 0 atom stereocenters.